The number of hydrogen-bond acceptors (Lipinski definition) is 4. The molecule has 3 heterocycles. The molecule has 1 unspecified atom stereocenters. The molecule has 2 fully saturated rings. The second-order valence-electron chi connectivity index (χ2n) is 7.94. The molecule has 2 aliphatic rings. The van der Waals surface area contributed by atoms with Crippen molar-refractivity contribution in [2.24, 2.45) is 0 Å². The van der Waals surface area contributed by atoms with Crippen LogP contribution in [0.3, 0.4) is 0 Å². The summed E-state index contributed by atoms with van der Waals surface area (Å²) < 4.78 is 0. The molecule has 30 heavy (non-hydrogen) atoms. The van der Waals surface area contributed by atoms with E-state index in [0.29, 0.717) is 13.0 Å². The van der Waals surface area contributed by atoms with Gasteiger partial charge in [-0.15, -0.1) is 11.3 Å². The van der Waals surface area contributed by atoms with Crippen LogP contribution in [0, 0.1) is 0 Å². The molecule has 4 rings (SSSR count). The van der Waals surface area contributed by atoms with E-state index < -0.39 is 0 Å². The molecule has 1 aromatic heterocycles. The predicted octanol–water partition coefficient (Wildman–Crippen LogP) is 3.14. The summed E-state index contributed by atoms with van der Waals surface area (Å²) in [5.74, 6) is 0.212. The summed E-state index contributed by atoms with van der Waals surface area (Å²) in [5.41, 5.74) is 1.21. The highest BCUT2D eigenvalue weighted by Gasteiger charge is 2.37. The minimum Gasteiger partial charge on any atom is -0.338 e. The van der Waals surface area contributed by atoms with Gasteiger partial charge in [0.2, 0.25) is 11.8 Å². The van der Waals surface area contributed by atoms with Gasteiger partial charge in [-0.25, -0.2) is 0 Å². The first kappa shape index (κ1) is 20.8. The topological polar surface area (TPSA) is 43.9 Å². The summed E-state index contributed by atoms with van der Waals surface area (Å²) in [4.78, 5) is 33.1. The van der Waals surface area contributed by atoms with Crippen molar-refractivity contribution in [2.45, 2.75) is 25.3 Å². The molecule has 2 aliphatic heterocycles. The monoisotopic (exact) mass is 423 g/mol. The third-order valence-electron chi connectivity index (χ3n) is 5.92. The largest absolute Gasteiger partial charge is 0.338 e. The molecular formula is C24H29N3O2S. The van der Waals surface area contributed by atoms with Crippen LogP contribution in [0.25, 0.3) is 6.08 Å². The number of hydrogen-bond donors (Lipinski definition) is 0. The van der Waals surface area contributed by atoms with Crippen molar-refractivity contribution in [3.8, 4) is 0 Å². The molecule has 158 valence electrons. The van der Waals surface area contributed by atoms with E-state index in [1.54, 1.807) is 11.3 Å². The van der Waals surface area contributed by atoms with Gasteiger partial charge < -0.3 is 9.80 Å². The highest BCUT2D eigenvalue weighted by Crippen LogP contribution is 2.22. The van der Waals surface area contributed by atoms with E-state index in [1.165, 1.54) is 5.56 Å². The molecular weight excluding hydrogens is 394 g/mol. The molecule has 0 aliphatic carbocycles. The van der Waals surface area contributed by atoms with Crippen LogP contribution in [0.5, 0.6) is 0 Å². The van der Waals surface area contributed by atoms with Crippen LogP contribution in [-0.4, -0.2) is 71.8 Å². The Hall–Kier alpha value is -2.44. The summed E-state index contributed by atoms with van der Waals surface area (Å²) in [6.07, 6.45) is 6.44. The Labute approximate surface area is 182 Å². The van der Waals surface area contributed by atoms with Gasteiger partial charge >= 0.3 is 0 Å². The van der Waals surface area contributed by atoms with Crippen LogP contribution in [0.2, 0.25) is 0 Å². The van der Waals surface area contributed by atoms with Gasteiger partial charge in [0.1, 0.15) is 6.04 Å². The average Bonchev–Trinajstić information content (AvgIpc) is 3.47. The van der Waals surface area contributed by atoms with E-state index in [-0.39, 0.29) is 17.9 Å². The lowest BCUT2D eigenvalue weighted by Crippen LogP contribution is -2.54. The average molecular weight is 424 g/mol. The number of likely N-dealkylation sites (tertiary alicyclic amines) is 1. The van der Waals surface area contributed by atoms with Gasteiger partial charge in [0.15, 0.2) is 0 Å². The summed E-state index contributed by atoms with van der Waals surface area (Å²) in [5, 5.41) is 1.99. The maximum absolute atomic E-state index is 13.1. The molecule has 0 bridgehead atoms. The summed E-state index contributed by atoms with van der Waals surface area (Å²) >= 11 is 1.60. The maximum atomic E-state index is 13.1. The lowest BCUT2D eigenvalue weighted by molar-refractivity contribution is -0.144. The van der Waals surface area contributed by atoms with Crippen molar-refractivity contribution < 1.29 is 9.59 Å². The Balaban J connectivity index is 1.26. The van der Waals surface area contributed by atoms with Gasteiger partial charge in [-0.2, -0.15) is 0 Å². The number of carbonyl (C=O) groups excluding carboxylic acids is 2. The van der Waals surface area contributed by atoms with Gasteiger partial charge in [-0.1, -0.05) is 48.6 Å². The van der Waals surface area contributed by atoms with E-state index in [2.05, 4.69) is 29.2 Å². The summed E-state index contributed by atoms with van der Waals surface area (Å²) in [7, 11) is 0. The zero-order valence-corrected chi connectivity index (χ0v) is 18.1. The van der Waals surface area contributed by atoms with Gasteiger partial charge in [0, 0.05) is 44.1 Å². The van der Waals surface area contributed by atoms with E-state index in [4.69, 9.17) is 0 Å². The van der Waals surface area contributed by atoms with E-state index >= 15 is 0 Å². The highest BCUT2D eigenvalue weighted by molar-refractivity contribution is 7.10. The molecule has 0 N–H and O–H groups in total. The third kappa shape index (κ3) is 5.18. The second-order valence-corrected chi connectivity index (χ2v) is 8.97. The summed E-state index contributed by atoms with van der Waals surface area (Å²) in [6, 6.07) is 14.0. The van der Waals surface area contributed by atoms with E-state index in [0.717, 1.165) is 50.4 Å². The number of amides is 2. The molecule has 2 saturated heterocycles. The first-order chi connectivity index (χ1) is 14.7. The number of thiophene rings is 1. The number of rotatable bonds is 6. The van der Waals surface area contributed by atoms with Crippen LogP contribution in [0.1, 0.15) is 23.3 Å². The Kier molecular flexibility index (Phi) is 6.97. The first-order valence-corrected chi connectivity index (χ1v) is 11.6. The lowest BCUT2D eigenvalue weighted by Gasteiger charge is -2.37. The summed E-state index contributed by atoms with van der Waals surface area (Å²) in [6.45, 7) is 4.82. The lowest BCUT2D eigenvalue weighted by atomic mass is 10.1. The minimum absolute atomic E-state index is 0.0815. The highest BCUT2D eigenvalue weighted by atomic mass is 32.1. The van der Waals surface area contributed by atoms with Crippen molar-refractivity contribution in [1.29, 1.82) is 0 Å². The van der Waals surface area contributed by atoms with Crippen LogP contribution in [0.4, 0.5) is 0 Å². The smallest absolute Gasteiger partial charge is 0.245 e. The van der Waals surface area contributed by atoms with Gasteiger partial charge in [-0.05, 0) is 29.9 Å². The standard InChI is InChI=1S/C24H29N3O2S/c28-23(19-21-10-6-18-30-21)27-13-5-11-22(27)24(29)26-16-14-25(15-17-26)12-4-9-20-7-2-1-3-8-20/h1-4,6-10,18,22H,5,11-17,19H2/b9-4+. The Bertz CT molecular complexity index is 858. The Morgan fingerprint density at radius 1 is 1.00 bits per heavy atom. The molecule has 0 spiro atoms. The van der Waals surface area contributed by atoms with E-state index in [1.807, 2.05) is 45.5 Å². The fourth-order valence-corrected chi connectivity index (χ4v) is 4.95. The molecule has 5 nitrogen and oxygen atoms in total. The SMILES string of the molecule is O=C(C1CCCN1C(=O)Cc1cccs1)N1CCN(C/C=C/c2ccccc2)CC1. The zero-order chi connectivity index (χ0) is 20.8. The second kappa shape index (κ2) is 10.0. The fraction of sp³-hybridized carbons (Fsp3) is 0.417. The van der Waals surface area contributed by atoms with Gasteiger partial charge in [-0.3, -0.25) is 14.5 Å². The van der Waals surface area contributed by atoms with Crippen LogP contribution < -0.4 is 0 Å². The third-order valence-corrected chi connectivity index (χ3v) is 6.80. The number of carbonyl (C=O) groups is 2. The predicted molar refractivity (Wildman–Crippen MR) is 121 cm³/mol. The molecule has 1 aromatic carbocycles. The van der Waals surface area contributed by atoms with Crippen LogP contribution in [-0.2, 0) is 16.0 Å². The number of nitrogens with zero attached hydrogens (tertiary/aromatic N) is 3. The Morgan fingerprint density at radius 3 is 2.53 bits per heavy atom. The van der Waals surface area contributed by atoms with Gasteiger partial charge in [0.25, 0.3) is 0 Å². The fourth-order valence-electron chi connectivity index (χ4n) is 4.25. The Morgan fingerprint density at radius 2 is 1.80 bits per heavy atom. The zero-order valence-electron chi connectivity index (χ0n) is 17.3. The molecule has 2 aromatic rings. The molecule has 1 atom stereocenters. The maximum Gasteiger partial charge on any atom is 0.245 e. The van der Waals surface area contributed by atoms with Crippen molar-refractivity contribution in [1.82, 2.24) is 14.7 Å². The number of piperazine rings is 1. The van der Waals surface area contributed by atoms with Gasteiger partial charge in [0.05, 0.1) is 6.42 Å². The molecule has 6 heteroatoms. The van der Waals surface area contributed by atoms with Crippen molar-refractivity contribution in [2.75, 3.05) is 39.3 Å². The van der Waals surface area contributed by atoms with E-state index in [9.17, 15) is 9.59 Å². The van der Waals surface area contributed by atoms with Crippen molar-refractivity contribution >= 4 is 29.2 Å². The van der Waals surface area contributed by atoms with Crippen LogP contribution in [0.15, 0.2) is 53.9 Å². The van der Waals surface area contributed by atoms with Crippen LogP contribution >= 0.6 is 11.3 Å². The molecule has 0 radical (unpaired) electrons. The molecule has 2 amide bonds. The first-order valence-electron chi connectivity index (χ1n) is 10.8. The minimum atomic E-state index is -0.276. The normalized spacial score (nSPS) is 20.2. The van der Waals surface area contributed by atoms with Crippen molar-refractivity contribution in [3.63, 3.8) is 0 Å². The van der Waals surface area contributed by atoms with Crippen molar-refractivity contribution in [3.05, 3.63) is 64.4 Å². The number of benzene rings is 1. The quantitative estimate of drug-likeness (QED) is 0.717. The molecule has 0 saturated carbocycles.